The van der Waals surface area contributed by atoms with Crippen LogP contribution in [0.3, 0.4) is 0 Å². The smallest absolute Gasteiger partial charge is 0.254 e. The highest BCUT2D eigenvalue weighted by atomic mass is 16.5. The summed E-state index contributed by atoms with van der Waals surface area (Å²) in [7, 11) is 1.65. The van der Waals surface area contributed by atoms with Gasteiger partial charge >= 0.3 is 0 Å². The predicted octanol–water partition coefficient (Wildman–Crippen LogP) is 4.81. The molecule has 3 aliphatic rings. The average molecular weight is 433 g/mol. The highest BCUT2D eigenvalue weighted by molar-refractivity contribution is 6.02. The number of carbonyl (C=O) groups excluding carboxylic acids is 2. The van der Waals surface area contributed by atoms with Crippen molar-refractivity contribution in [3.8, 4) is 5.75 Å². The van der Waals surface area contributed by atoms with Gasteiger partial charge in [-0.15, -0.1) is 0 Å². The fraction of sp³-hybridized carbons (Fsp3) is 0.481. The maximum atomic E-state index is 13.9. The molecular formula is C27H32N2O3. The van der Waals surface area contributed by atoms with Crippen LogP contribution in [-0.4, -0.2) is 35.4 Å². The zero-order valence-corrected chi connectivity index (χ0v) is 18.8. The maximum Gasteiger partial charge on any atom is 0.254 e. The van der Waals surface area contributed by atoms with E-state index in [4.69, 9.17) is 4.74 Å². The Morgan fingerprint density at radius 3 is 2.47 bits per heavy atom. The number of amides is 2. The van der Waals surface area contributed by atoms with E-state index in [1.165, 1.54) is 0 Å². The van der Waals surface area contributed by atoms with Gasteiger partial charge in [-0.2, -0.15) is 0 Å². The quantitative estimate of drug-likeness (QED) is 0.738. The third kappa shape index (κ3) is 3.39. The summed E-state index contributed by atoms with van der Waals surface area (Å²) in [5, 5.41) is 3.20. The van der Waals surface area contributed by atoms with Crippen molar-refractivity contribution in [3.05, 3.63) is 65.2 Å². The topological polar surface area (TPSA) is 58.6 Å². The summed E-state index contributed by atoms with van der Waals surface area (Å²) in [4.78, 5) is 29.8. The molecule has 1 spiro atoms. The number of benzene rings is 2. The second kappa shape index (κ2) is 8.61. The summed E-state index contributed by atoms with van der Waals surface area (Å²) in [5.74, 6) is 0.577. The lowest BCUT2D eigenvalue weighted by atomic mass is 9.70. The summed E-state index contributed by atoms with van der Waals surface area (Å²) < 4.78 is 5.47. The first-order valence-electron chi connectivity index (χ1n) is 12.0. The van der Waals surface area contributed by atoms with Crippen LogP contribution in [0.25, 0.3) is 0 Å². The minimum atomic E-state index is -0.411. The number of methoxy groups -OCH3 is 1. The molecule has 168 valence electrons. The van der Waals surface area contributed by atoms with Gasteiger partial charge in [0.25, 0.3) is 5.91 Å². The Morgan fingerprint density at radius 2 is 1.72 bits per heavy atom. The number of ether oxygens (including phenoxy) is 1. The van der Waals surface area contributed by atoms with Gasteiger partial charge in [-0.05, 0) is 43.4 Å². The molecular weight excluding hydrogens is 400 g/mol. The number of hydrogen-bond acceptors (Lipinski definition) is 3. The lowest BCUT2D eigenvalue weighted by Crippen LogP contribution is -2.63. The molecule has 5 rings (SSSR count). The maximum absolute atomic E-state index is 13.9. The van der Waals surface area contributed by atoms with Crippen LogP contribution in [0, 0.1) is 0 Å². The van der Waals surface area contributed by atoms with Gasteiger partial charge in [-0.25, -0.2) is 0 Å². The molecule has 2 aromatic rings. The van der Waals surface area contributed by atoms with Gasteiger partial charge in [-0.3, -0.25) is 9.59 Å². The summed E-state index contributed by atoms with van der Waals surface area (Å²) in [6, 6.07) is 15.8. The second-order valence-electron chi connectivity index (χ2n) is 9.47. The molecule has 1 atom stereocenters. The van der Waals surface area contributed by atoms with Crippen LogP contribution >= 0.6 is 0 Å². The lowest BCUT2D eigenvalue weighted by molar-refractivity contribution is -0.127. The SMILES string of the molecule is COc1ccccc1CNC(=O)C1c2ccccc2C(=O)N(C2CCCC2)C12CCCC2. The molecule has 2 amide bonds. The van der Waals surface area contributed by atoms with Crippen molar-refractivity contribution in [2.24, 2.45) is 0 Å². The Labute approximate surface area is 190 Å². The molecule has 32 heavy (non-hydrogen) atoms. The van der Waals surface area contributed by atoms with Gasteiger partial charge in [0, 0.05) is 23.7 Å². The first kappa shape index (κ1) is 21.0. The molecule has 5 heteroatoms. The van der Waals surface area contributed by atoms with Gasteiger partial charge in [0.15, 0.2) is 0 Å². The van der Waals surface area contributed by atoms with Crippen molar-refractivity contribution in [1.82, 2.24) is 10.2 Å². The highest BCUT2D eigenvalue weighted by Crippen LogP contribution is 2.52. The van der Waals surface area contributed by atoms with Crippen molar-refractivity contribution < 1.29 is 14.3 Å². The number of rotatable bonds is 5. The Bertz CT molecular complexity index is 1010. The number of carbonyl (C=O) groups is 2. The number of fused-ring (bicyclic) bond motifs is 1. The van der Waals surface area contributed by atoms with E-state index in [1.807, 2.05) is 48.5 Å². The Morgan fingerprint density at radius 1 is 1.03 bits per heavy atom. The summed E-state index contributed by atoms with van der Waals surface area (Å²) in [6.45, 7) is 0.412. The minimum absolute atomic E-state index is 0.0146. The van der Waals surface area contributed by atoms with Gasteiger partial charge in [0.2, 0.25) is 5.91 Å². The van der Waals surface area contributed by atoms with E-state index in [9.17, 15) is 9.59 Å². The minimum Gasteiger partial charge on any atom is -0.496 e. The van der Waals surface area contributed by atoms with Crippen molar-refractivity contribution in [2.45, 2.75) is 75.4 Å². The van der Waals surface area contributed by atoms with Gasteiger partial charge in [0.05, 0.1) is 18.6 Å². The third-order valence-corrected chi connectivity index (χ3v) is 7.81. The predicted molar refractivity (Wildman–Crippen MR) is 124 cm³/mol. The van der Waals surface area contributed by atoms with E-state index < -0.39 is 5.54 Å². The van der Waals surface area contributed by atoms with Crippen LogP contribution in [-0.2, 0) is 11.3 Å². The van der Waals surface area contributed by atoms with Crippen molar-refractivity contribution in [1.29, 1.82) is 0 Å². The molecule has 1 unspecified atom stereocenters. The molecule has 5 nitrogen and oxygen atoms in total. The number of para-hydroxylation sites is 1. The van der Waals surface area contributed by atoms with Crippen molar-refractivity contribution >= 4 is 11.8 Å². The van der Waals surface area contributed by atoms with E-state index in [-0.39, 0.29) is 23.8 Å². The van der Waals surface area contributed by atoms with Gasteiger partial charge in [-0.1, -0.05) is 62.1 Å². The normalized spacial score (nSPS) is 22.2. The average Bonchev–Trinajstić information content (AvgIpc) is 3.52. The van der Waals surface area contributed by atoms with Crippen molar-refractivity contribution in [3.63, 3.8) is 0 Å². The Hall–Kier alpha value is -2.82. The van der Waals surface area contributed by atoms with Crippen LogP contribution in [0.5, 0.6) is 5.75 Å². The van der Waals surface area contributed by atoms with Crippen LogP contribution in [0.4, 0.5) is 0 Å². The number of nitrogens with one attached hydrogen (secondary N) is 1. The Kier molecular flexibility index (Phi) is 5.66. The van der Waals surface area contributed by atoms with Crippen LogP contribution < -0.4 is 10.1 Å². The van der Waals surface area contributed by atoms with E-state index in [0.717, 1.165) is 68.2 Å². The van der Waals surface area contributed by atoms with Gasteiger partial charge < -0.3 is 15.0 Å². The van der Waals surface area contributed by atoms with E-state index >= 15 is 0 Å². The van der Waals surface area contributed by atoms with E-state index in [2.05, 4.69) is 10.2 Å². The summed E-state index contributed by atoms with van der Waals surface area (Å²) >= 11 is 0. The zero-order chi connectivity index (χ0) is 22.1. The summed E-state index contributed by atoms with van der Waals surface area (Å²) in [6.07, 6.45) is 8.35. The molecule has 2 aliphatic carbocycles. The molecule has 1 heterocycles. The molecule has 1 aliphatic heterocycles. The standard InChI is InChI=1S/C27H32N2O3/c1-32-23-15-7-2-10-19(23)18-28-25(30)24-21-13-5-6-14-22(21)26(31)29(20-11-3-4-12-20)27(24)16-8-9-17-27/h2,5-7,10,13-15,20,24H,3-4,8-9,11-12,16-18H2,1H3,(H,28,30). The van der Waals surface area contributed by atoms with Crippen LogP contribution in [0.1, 0.15) is 78.8 Å². The summed E-state index contributed by atoms with van der Waals surface area (Å²) in [5.41, 5.74) is 2.14. The fourth-order valence-electron chi connectivity index (χ4n) is 6.43. The zero-order valence-electron chi connectivity index (χ0n) is 18.8. The lowest BCUT2D eigenvalue weighted by Gasteiger charge is -2.52. The fourth-order valence-corrected chi connectivity index (χ4v) is 6.43. The molecule has 2 aromatic carbocycles. The number of nitrogens with zero attached hydrogens (tertiary/aromatic N) is 1. The van der Waals surface area contributed by atoms with E-state index in [1.54, 1.807) is 7.11 Å². The largest absolute Gasteiger partial charge is 0.496 e. The molecule has 0 radical (unpaired) electrons. The van der Waals surface area contributed by atoms with Crippen LogP contribution in [0.2, 0.25) is 0 Å². The third-order valence-electron chi connectivity index (χ3n) is 7.81. The molecule has 1 N–H and O–H groups in total. The van der Waals surface area contributed by atoms with Gasteiger partial charge in [0.1, 0.15) is 5.75 Å². The highest BCUT2D eigenvalue weighted by Gasteiger charge is 2.57. The molecule has 0 saturated heterocycles. The van der Waals surface area contributed by atoms with E-state index in [0.29, 0.717) is 12.1 Å². The monoisotopic (exact) mass is 432 g/mol. The molecule has 0 bridgehead atoms. The number of hydrogen-bond donors (Lipinski definition) is 1. The molecule has 0 aromatic heterocycles. The Balaban J connectivity index is 1.53. The molecule has 2 saturated carbocycles. The van der Waals surface area contributed by atoms with Crippen molar-refractivity contribution in [2.75, 3.05) is 7.11 Å². The molecule has 2 fully saturated rings. The first-order valence-corrected chi connectivity index (χ1v) is 12.0. The van der Waals surface area contributed by atoms with Crippen LogP contribution in [0.15, 0.2) is 48.5 Å². The first-order chi connectivity index (χ1) is 15.7. The second-order valence-corrected chi connectivity index (χ2v) is 9.47.